The summed E-state index contributed by atoms with van der Waals surface area (Å²) in [5.74, 6) is -1.33. The molecule has 0 radical (unpaired) electrons. The predicted molar refractivity (Wildman–Crippen MR) is 76.0 cm³/mol. The average Bonchev–Trinajstić information content (AvgIpc) is 2.93. The molecular weight excluding hydrogens is 270 g/mol. The highest BCUT2D eigenvalue weighted by Gasteiger charge is 2.18. The van der Waals surface area contributed by atoms with Gasteiger partial charge in [-0.15, -0.1) is 0 Å². The number of anilines is 1. The van der Waals surface area contributed by atoms with Crippen molar-refractivity contribution in [3.63, 3.8) is 0 Å². The molecule has 0 saturated heterocycles. The summed E-state index contributed by atoms with van der Waals surface area (Å²) in [6.07, 6.45) is 1.55. The van der Waals surface area contributed by atoms with Gasteiger partial charge in [-0.2, -0.15) is 5.26 Å². The highest BCUT2D eigenvalue weighted by atomic mass is 16.4. The van der Waals surface area contributed by atoms with Crippen molar-refractivity contribution in [3.8, 4) is 6.07 Å². The van der Waals surface area contributed by atoms with Gasteiger partial charge >= 0.3 is 5.97 Å². The van der Waals surface area contributed by atoms with Crippen LogP contribution in [0.1, 0.15) is 16.1 Å². The van der Waals surface area contributed by atoms with E-state index in [0.717, 1.165) is 0 Å². The fourth-order valence-electron chi connectivity index (χ4n) is 1.94. The Balaban J connectivity index is 2.24. The molecule has 6 nitrogen and oxygen atoms in total. The SMILES string of the molecule is CN(C(=O)c1cccn1CC(=O)O)c1ccc(C#N)cc1. The smallest absolute Gasteiger partial charge is 0.323 e. The molecule has 2 rings (SSSR count). The molecule has 21 heavy (non-hydrogen) atoms. The van der Waals surface area contributed by atoms with Crippen molar-refractivity contribution in [2.45, 2.75) is 6.54 Å². The number of carbonyl (C=O) groups is 2. The highest BCUT2D eigenvalue weighted by molar-refractivity contribution is 6.04. The number of amides is 1. The Bertz CT molecular complexity index is 711. The van der Waals surface area contributed by atoms with Crippen LogP contribution in [0.25, 0.3) is 0 Å². The molecule has 0 aliphatic heterocycles. The van der Waals surface area contributed by atoms with Gasteiger partial charge in [0, 0.05) is 18.9 Å². The van der Waals surface area contributed by atoms with E-state index in [1.165, 1.54) is 9.47 Å². The molecule has 1 heterocycles. The van der Waals surface area contributed by atoms with Gasteiger partial charge in [-0.3, -0.25) is 9.59 Å². The Hall–Kier alpha value is -3.07. The third-order valence-electron chi connectivity index (χ3n) is 3.04. The summed E-state index contributed by atoms with van der Waals surface area (Å²) >= 11 is 0. The normalized spacial score (nSPS) is 9.90. The molecule has 1 amide bonds. The maximum absolute atomic E-state index is 12.4. The zero-order chi connectivity index (χ0) is 15.4. The van der Waals surface area contributed by atoms with Crippen LogP contribution in [-0.2, 0) is 11.3 Å². The van der Waals surface area contributed by atoms with Crippen LogP contribution in [0.4, 0.5) is 5.69 Å². The lowest BCUT2D eigenvalue weighted by atomic mass is 10.2. The zero-order valence-electron chi connectivity index (χ0n) is 11.4. The largest absolute Gasteiger partial charge is 0.480 e. The number of nitriles is 1. The van der Waals surface area contributed by atoms with Crippen molar-refractivity contribution < 1.29 is 14.7 Å². The molecule has 6 heteroatoms. The van der Waals surface area contributed by atoms with Crippen LogP contribution in [0, 0.1) is 11.3 Å². The third kappa shape index (κ3) is 3.09. The van der Waals surface area contributed by atoms with E-state index in [4.69, 9.17) is 10.4 Å². The van der Waals surface area contributed by atoms with Gasteiger partial charge in [0.15, 0.2) is 0 Å². The van der Waals surface area contributed by atoms with Crippen LogP contribution in [0.2, 0.25) is 0 Å². The summed E-state index contributed by atoms with van der Waals surface area (Å²) in [6, 6.07) is 11.8. The van der Waals surface area contributed by atoms with Crippen molar-refractivity contribution in [3.05, 3.63) is 53.9 Å². The van der Waals surface area contributed by atoms with Crippen molar-refractivity contribution in [1.82, 2.24) is 4.57 Å². The zero-order valence-corrected chi connectivity index (χ0v) is 11.4. The molecule has 0 spiro atoms. The van der Waals surface area contributed by atoms with Gasteiger partial charge in [-0.1, -0.05) is 0 Å². The van der Waals surface area contributed by atoms with Gasteiger partial charge in [0.05, 0.1) is 11.6 Å². The summed E-state index contributed by atoms with van der Waals surface area (Å²) in [5.41, 5.74) is 1.43. The molecule has 0 aliphatic rings. The van der Waals surface area contributed by atoms with Crippen LogP contribution in [0.3, 0.4) is 0 Å². The number of benzene rings is 1. The number of carbonyl (C=O) groups excluding carboxylic acids is 1. The molecule has 106 valence electrons. The first-order chi connectivity index (χ1) is 10.0. The fraction of sp³-hybridized carbons (Fsp3) is 0.133. The molecule has 1 N–H and O–H groups in total. The number of rotatable bonds is 4. The van der Waals surface area contributed by atoms with Crippen LogP contribution in [0.5, 0.6) is 0 Å². The van der Waals surface area contributed by atoms with Crippen molar-refractivity contribution >= 4 is 17.6 Å². The summed E-state index contributed by atoms with van der Waals surface area (Å²) in [4.78, 5) is 24.6. The fourth-order valence-corrected chi connectivity index (χ4v) is 1.94. The van der Waals surface area contributed by atoms with E-state index in [-0.39, 0.29) is 12.5 Å². The minimum atomic E-state index is -1.01. The standard InChI is InChI=1S/C15H13N3O3/c1-17(12-6-4-11(9-16)5-7-12)15(21)13-3-2-8-18(13)10-14(19)20/h2-8H,10H2,1H3,(H,19,20). The third-order valence-corrected chi connectivity index (χ3v) is 3.04. The molecule has 0 unspecified atom stereocenters. The van der Waals surface area contributed by atoms with Gasteiger partial charge in [-0.25, -0.2) is 0 Å². The first kappa shape index (κ1) is 14.3. The molecule has 1 aromatic carbocycles. The summed E-state index contributed by atoms with van der Waals surface area (Å²) in [5, 5.41) is 17.6. The van der Waals surface area contributed by atoms with Crippen LogP contribution in [0.15, 0.2) is 42.6 Å². The van der Waals surface area contributed by atoms with E-state index in [1.54, 1.807) is 49.6 Å². The minimum Gasteiger partial charge on any atom is -0.480 e. The number of aliphatic carboxylic acids is 1. The maximum atomic E-state index is 12.4. The minimum absolute atomic E-state index is 0.269. The van der Waals surface area contributed by atoms with E-state index in [2.05, 4.69) is 0 Å². The predicted octanol–water partition coefficient (Wildman–Crippen LogP) is 1.72. The topological polar surface area (TPSA) is 86.3 Å². The van der Waals surface area contributed by atoms with Gasteiger partial charge in [0.2, 0.25) is 0 Å². The number of nitrogens with zero attached hydrogens (tertiary/aromatic N) is 3. The average molecular weight is 283 g/mol. The Morgan fingerprint density at radius 1 is 1.29 bits per heavy atom. The Kier molecular flexibility index (Phi) is 4.05. The lowest BCUT2D eigenvalue weighted by molar-refractivity contribution is -0.137. The molecule has 2 aromatic rings. The number of carboxylic acids is 1. The van der Waals surface area contributed by atoms with E-state index < -0.39 is 5.97 Å². The molecule has 0 aliphatic carbocycles. The number of hydrogen-bond acceptors (Lipinski definition) is 3. The lowest BCUT2D eigenvalue weighted by Crippen LogP contribution is -2.29. The second-order valence-electron chi connectivity index (χ2n) is 4.44. The number of carboxylic acid groups (broad SMARTS) is 1. The summed E-state index contributed by atoms with van der Waals surface area (Å²) in [6.45, 7) is -0.269. The van der Waals surface area contributed by atoms with Gasteiger partial charge in [0.25, 0.3) is 5.91 Å². The Labute approximate surface area is 121 Å². The summed E-state index contributed by atoms with van der Waals surface area (Å²) < 4.78 is 1.38. The van der Waals surface area contributed by atoms with E-state index in [9.17, 15) is 9.59 Å². The van der Waals surface area contributed by atoms with Crippen molar-refractivity contribution in [1.29, 1.82) is 5.26 Å². The maximum Gasteiger partial charge on any atom is 0.323 e. The molecular formula is C15H13N3O3. The molecule has 0 atom stereocenters. The Morgan fingerprint density at radius 3 is 2.52 bits per heavy atom. The van der Waals surface area contributed by atoms with Crippen molar-refractivity contribution in [2.75, 3.05) is 11.9 Å². The molecule has 0 fully saturated rings. The summed E-state index contributed by atoms with van der Waals surface area (Å²) in [7, 11) is 1.60. The lowest BCUT2D eigenvalue weighted by Gasteiger charge is -2.18. The van der Waals surface area contributed by atoms with Gasteiger partial charge < -0.3 is 14.6 Å². The van der Waals surface area contributed by atoms with E-state index >= 15 is 0 Å². The second-order valence-corrected chi connectivity index (χ2v) is 4.44. The van der Waals surface area contributed by atoms with Crippen LogP contribution in [-0.4, -0.2) is 28.6 Å². The Morgan fingerprint density at radius 2 is 1.95 bits per heavy atom. The van der Waals surface area contributed by atoms with Gasteiger partial charge in [0.1, 0.15) is 12.2 Å². The van der Waals surface area contributed by atoms with Gasteiger partial charge in [-0.05, 0) is 36.4 Å². The van der Waals surface area contributed by atoms with E-state index in [1.807, 2.05) is 6.07 Å². The monoisotopic (exact) mass is 283 g/mol. The van der Waals surface area contributed by atoms with Crippen molar-refractivity contribution in [2.24, 2.45) is 0 Å². The number of hydrogen-bond donors (Lipinski definition) is 1. The molecule has 1 aromatic heterocycles. The first-order valence-electron chi connectivity index (χ1n) is 6.18. The highest BCUT2D eigenvalue weighted by Crippen LogP contribution is 2.16. The quantitative estimate of drug-likeness (QED) is 0.925. The van der Waals surface area contributed by atoms with Crippen LogP contribution >= 0.6 is 0 Å². The van der Waals surface area contributed by atoms with E-state index in [0.29, 0.717) is 16.9 Å². The second kappa shape index (κ2) is 5.92. The molecule has 0 bridgehead atoms. The molecule has 0 saturated carbocycles. The number of aromatic nitrogens is 1. The van der Waals surface area contributed by atoms with Crippen LogP contribution < -0.4 is 4.90 Å². The first-order valence-corrected chi connectivity index (χ1v) is 6.18.